The van der Waals surface area contributed by atoms with Crippen molar-refractivity contribution < 1.29 is 13.6 Å². The number of furan rings is 2. The van der Waals surface area contributed by atoms with Gasteiger partial charge in [-0.15, -0.1) is 0 Å². The van der Waals surface area contributed by atoms with E-state index in [0.717, 1.165) is 34.2 Å². The lowest BCUT2D eigenvalue weighted by Crippen LogP contribution is -2.46. The van der Waals surface area contributed by atoms with Gasteiger partial charge in [0, 0.05) is 0 Å². The highest BCUT2D eigenvalue weighted by atomic mass is 16.3. The normalized spacial score (nSPS) is 16.7. The zero-order valence-electron chi connectivity index (χ0n) is 16.3. The Bertz CT molecular complexity index is 687. The van der Waals surface area contributed by atoms with Crippen molar-refractivity contribution in [2.45, 2.75) is 79.1 Å². The molecule has 0 amide bonds. The van der Waals surface area contributed by atoms with Crippen LogP contribution in [-0.4, -0.2) is 5.78 Å². The molecule has 0 saturated carbocycles. The molecule has 0 fully saturated rings. The Morgan fingerprint density at radius 2 is 1.17 bits per heavy atom. The van der Waals surface area contributed by atoms with Crippen LogP contribution in [0.2, 0.25) is 0 Å². The van der Waals surface area contributed by atoms with E-state index in [9.17, 15) is 4.79 Å². The van der Waals surface area contributed by atoms with E-state index in [1.54, 1.807) is 0 Å². The standard InChI is InChI=1S/C21H30O3/c1-9-20(7,17-13(3)11-15(5)23-17)19(22)21(8,10-2)18-14(4)12-16(6)24-18/h11-12H,9-10H2,1-8H3. The zero-order valence-corrected chi connectivity index (χ0v) is 16.3. The Morgan fingerprint density at radius 1 is 0.833 bits per heavy atom. The average Bonchev–Trinajstić information content (AvgIpc) is 3.06. The number of carbonyl (C=O) groups is 1. The van der Waals surface area contributed by atoms with Crippen molar-refractivity contribution in [2.24, 2.45) is 0 Å². The molecule has 0 saturated heterocycles. The van der Waals surface area contributed by atoms with Gasteiger partial charge in [-0.25, -0.2) is 0 Å². The Kier molecular flexibility index (Phi) is 4.85. The first-order chi connectivity index (χ1) is 11.1. The molecule has 2 heterocycles. The van der Waals surface area contributed by atoms with Crippen molar-refractivity contribution in [1.82, 2.24) is 0 Å². The van der Waals surface area contributed by atoms with Gasteiger partial charge in [0.1, 0.15) is 23.0 Å². The number of ketones is 1. The molecule has 2 atom stereocenters. The van der Waals surface area contributed by atoms with Crippen LogP contribution in [0.15, 0.2) is 21.0 Å². The lowest BCUT2D eigenvalue weighted by atomic mass is 9.65. The summed E-state index contributed by atoms with van der Waals surface area (Å²) in [4.78, 5) is 13.8. The molecule has 0 bridgehead atoms. The minimum atomic E-state index is -0.670. The average molecular weight is 330 g/mol. The Morgan fingerprint density at radius 3 is 1.38 bits per heavy atom. The molecule has 0 aliphatic heterocycles. The van der Waals surface area contributed by atoms with Gasteiger partial charge in [0.25, 0.3) is 0 Å². The zero-order chi connectivity index (χ0) is 18.3. The summed E-state index contributed by atoms with van der Waals surface area (Å²) in [6.07, 6.45) is 1.38. The van der Waals surface area contributed by atoms with E-state index >= 15 is 0 Å². The number of hydrogen-bond donors (Lipinski definition) is 0. The summed E-state index contributed by atoms with van der Waals surface area (Å²) in [5, 5.41) is 0. The highest BCUT2D eigenvalue weighted by Gasteiger charge is 2.49. The summed E-state index contributed by atoms with van der Waals surface area (Å²) in [5.41, 5.74) is 0.735. The topological polar surface area (TPSA) is 43.4 Å². The van der Waals surface area contributed by atoms with E-state index in [-0.39, 0.29) is 5.78 Å². The van der Waals surface area contributed by atoms with Gasteiger partial charge in [-0.2, -0.15) is 0 Å². The molecule has 3 heteroatoms. The lowest BCUT2D eigenvalue weighted by Gasteiger charge is -2.35. The Balaban J connectivity index is 2.60. The third-order valence-corrected chi connectivity index (χ3v) is 5.50. The molecule has 0 aliphatic rings. The first-order valence-electron chi connectivity index (χ1n) is 8.80. The summed E-state index contributed by atoms with van der Waals surface area (Å²) in [6, 6.07) is 4.00. The van der Waals surface area contributed by atoms with Crippen LogP contribution >= 0.6 is 0 Å². The second kappa shape index (κ2) is 6.27. The first kappa shape index (κ1) is 18.6. The highest BCUT2D eigenvalue weighted by Crippen LogP contribution is 2.43. The maximum atomic E-state index is 13.8. The van der Waals surface area contributed by atoms with Gasteiger partial charge in [-0.05, 0) is 77.6 Å². The summed E-state index contributed by atoms with van der Waals surface area (Å²) >= 11 is 0. The SMILES string of the molecule is CCC(C)(C(=O)C(C)(CC)c1oc(C)cc1C)c1oc(C)cc1C. The maximum Gasteiger partial charge on any atom is 0.159 e. The first-order valence-corrected chi connectivity index (χ1v) is 8.80. The molecular formula is C21H30O3. The predicted molar refractivity (Wildman–Crippen MR) is 96.7 cm³/mol. The van der Waals surface area contributed by atoms with Crippen LogP contribution in [0.25, 0.3) is 0 Å². The van der Waals surface area contributed by atoms with Crippen molar-refractivity contribution in [1.29, 1.82) is 0 Å². The van der Waals surface area contributed by atoms with Gasteiger partial charge in [0.2, 0.25) is 0 Å². The van der Waals surface area contributed by atoms with Gasteiger partial charge in [0.15, 0.2) is 5.78 Å². The molecule has 0 aromatic carbocycles. The van der Waals surface area contributed by atoms with Gasteiger partial charge in [-0.3, -0.25) is 4.79 Å². The van der Waals surface area contributed by atoms with Crippen molar-refractivity contribution in [3.8, 4) is 0 Å². The van der Waals surface area contributed by atoms with Crippen LogP contribution in [0, 0.1) is 27.7 Å². The lowest BCUT2D eigenvalue weighted by molar-refractivity contribution is -0.131. The van der Waals surface area contributed by atoms with Gasteiger partial charge in [-0.1, -0.05) is 13.8 Å². The van der Waals surface area contributed by atoms with Crippen LogP contribution in [0.4, 0.5) is 0 Å². The molecule has 2 aromatic heterocycles. The molecule has 3 nitrogen and oxygen atoms in total. The van der Waals surface area contributed by atoms with Gasteiger partial charge in [0.05, 0.1) is 10.8 Å². The number of hydrogen-bond acceptors (Lipinski definition) is 3. The monoisotopic (exact) mass is 330 g/mol. The van der Waals surface area contributed by atoms with E-state index in [0.29, 0.717) is 12.8 Å². The number of Topliss-reactive ketones (excluding diaryl/α,β-unsaturated/α-hetero) is 1. The summed E-state index contributed by atoms with van der Waals surface area (Å²) in [5.74, 6) is 3.42. The minimum Gasteiger partial charge on any atom is -0.465 e. The largest absolute Gasteiger partial charge is 0.465 e. The van der Waals surface area contributed by atoms with Crippen LogP contribution in [0.1, 0.15) is 74.7 Å². The fourth-order valence-electron chi connectivity index (χ4n) is 3.84. The second-order valence-corrected chi connectivity index (χ2v) is 7.44. The maximum absolute atomic E-state index is 13.8. The molecule has 2 rings (SSSR count). The van der Waals surface area contributed by atoms with Crippen LogP contribution in [-0.2, 0) is 15.6 Å². The molecule has 0 spiro atoms. The van der Waals surface area contributed by atoms with Gasteiger partial charge >= 0.3 is 0 Å². The summed E-state index contributed by atoms with van der Waals surface area (Å²) in [7, 11) is 0. The van der Waals surface area contributed by atoms with Crippen LogP contribution < -0.4 is 0 Å². The molecular weight excluding hydrogens is 300 g/mol. The molecule has 0 N–H and O–H groups in total. The van der Waals surface area contributed by atoms with E-state index < -0.39 is 10.8 Å². The van der Waals surface area contributed by atoms with E-state index in [4.69, 9.17) is 8.83 Å². The molecule has 24 heavy (non-hydrogen) atoms. The molecule has 0 aliphatic carbocycles. The van der Waals surface area contributed by atoms with Crippen molar-refractivity contribution in [3.63, 3.8) is 0 Å². The van der Waals surface area contributed by atoms with E-state index in [2.05, 4.69) is 0 Å². The second-order valence-electron chi connectivity index (χ2n) is 7.44. The van der Waals surface area contributed by atoms with E-state index in [1.807, 2.05) is 67.5 Å². The third-order valence-electron chi connectivity index (χ3n) is 5.50. The van der Waals surface area contributed by atoms with Crippen molar-refractivity contribution in [2.75, 3.05) is 0 Å². The summed E-state index contributed by atoms with van der Waals surface area (Å²) < 4.78 is 11.9. The Labute approximate surface area is 145 Å². The fourth-order valence-corrected chi connectivity index (χ4v) is 3.84. The number of rotatable bonds is 6. The smallest absolute Gasteiger partial charge is 0.159 e. The summed E-state index contributed by atoms with van der Waals surface area (Å²) in [6.45, 7) is 16.0. The van der Waals surface area contributed by atoms with Gasteiger partial charge < -0.3 is 8.83 Å². The molecule has 2 unspecified atom stereocenters. The van der Waals surface area contributed by atoms with E-state index in [1.165, 1.54) is 0 Å². The number of aryl methyl sites for hydroxylation is 4. The fraction of sp³-hybridized carbons (Fsp3) is 0.571. The highest BCUT2D eigenvalue weighted by molar-refractivity contribution is 5.97. The van der Waals surface area contributed by atoms with Crippen molar-refractivity contribution in [3.05, 3.63) is 46.3 Å². The van der Waals surface area contributed by atoms with Crippen molar-refractivity contribution >= 4 is 5.78 Å². The minimum absolute atomic E-state index is 0.162. The number of carbonyl (C=O) groups excluding carboxylic acids is 1. The molecule has 132 valence electrons. The quantitative estimate of drug-likeness (QED) is 0.681. The molecule has 2 aromatic rings. The van der Waals surface area contributed by atoms with Crippen LogP contribution in [0.3, 0.4) is 0 Å². The predicted octanol–water partition coefficient (Wildman–Crippen LogP) is 5.71. The molecule has 0 radical (unpaired) electrons. The van der Waals surface area contributed by atoms with Crippen LogP contribution in [0.5, 0.6) is 0 Å². The Hall–Kier alpha value is -1.77. The third kappa shape index (κ3) is 2.74.